The fourth-order valence-electron chi connectivity index (χ4n) is 2.91. The lowest BCUT2D eigenvalue weighted by molar-refractivity contribution is 0.0617. The maximum Gasteiger partial charge on any atom is 0.119 e. The molecule has 0 spiro atoms. The number of methoxy groups -OCH3 is 3. The summed E-state index contributed by atoms with van der Waals surface area (Å²) in [7, 11) is 4.99. The van der Waals surface area contributed by atoms with Crippen molar-refractivity contribution >= 4 is 0 Å². The number of ether oxygens (including phenoxy) is 4. The Bertz CT molecular complexity index is 677. The van der Waals surface area contributed by atoms with Crippen LogP contribution in [0.4, 0.5) is 0 Å². The summed E-state index contributed by atoms with van der Waals surface area (Å²) >= 11 is 0. The number of hydrogen-bond acceptors (Lipinski definition) is 6. The second kappa shape index (κ2) is 12.2. The largest absolute Gasteiger partial charge is 0.497 e. The normalized spacial score (nSPS) is 12.0. The fraction of sp³-hybridized carbons (Fsp3) is 0.455. The number of rotatable bonds is 13. The van der Waals surface area contributed by atoms with Gasteiger partial charge in [-0.25, -0.2) is 0 Å². The molecule has 1 atom stereocenters. The van der Waals surface area contributed by atoms with E-state index in [0.717, 1.165) is 36.6 Å². The van der Waals surface area contributed by atoms with Gasteiger partial charge in [0.2, 0.25) is 0 Å². The third-order valence-corrected chi connectivity index (χ3v) is 4.33. The number of nitrogens with zero attached hydrogens (tertiary/aromatic N) is 1. The third kappa shape index (κ3) is 7.76. The molecule has 2 rings (SSSR count). The van der Waals surface area contributed by atoms with Gasteiger partial charge in [0.25, 0.3) is 0 Å². The third-order valence-electron chi connectivity index (χ3n) is 4.33. The molecule has 2 aromatic carbocycles. The highest BCUT2D eigenvalue weighted by molar-refractivity contribution is 5.31. The van der Waals surface area contributed by atoms with Crippen molar-refractivity contribution in [3.63, 3.8) is 0 Å². The topological polar surface area (TPSA) is 60.4 Å². The van der Waals surface area contributed by atoms with E-state index in [1.807, 2.05) is 42.5 Å². The van der Waals surface area contributed by atoms with E-state index >= 15 is 0 Å². The molecule has 0 unspecified atom stereocenters. The lowest BCUT2D eigenvalue weighted by atomic mass is 10.2. The van der Waals surface area contributed by atoms with Crippen LogP contribution in [0, 0.1) is 0 Å². The average Bonchev–Trinajstić information content (AvgIpc) is 2.73. The van der Waals surface area contributed by atoms with Crippen molar-refractivity contribution in [2.24, 2.45) is 0 Å². The van der Waals surface area contributed by atoms with E-state index in [1.54, 1.807) is 21.3 Å². The van der Waals surface area contributed by atoms with Crippen molar-refractivity contribution in [3.05, 3.63) is 54.1 Å². The Kier molecular flexibility index (Phi) is 9.62. The van der Waals surface area contributed by atoms with Crippen molar-refractivity contribution in [2.45, 2.75) is 19.1 Å². The van der Waals surface area contributed by atoms with Gasteiger partial charge in [-0.2, -0.15) is 0 Å². The zero-order valence-corrected chi connectivity index (χ0v) is 17.0. The Morgan fingerprint density at radius 1 is 0.929 bits per heavy atom. The summed E-state index contributed by atoms with van der Waals surface area (Å²) in [5, 5.41) is 10.5. The lowest BCUT2D eigenvalue weighted by Crippen LogP contribution is -2.36. The molecule has 0 aromatic heterocycles. The SMILES string of the molecule is COCCCN(Cc1cccc(OC)c1)C[C@H](O)COc1ccc(OC)cc1. The van der Waals surface area contributed by atoms with Gasteiger partial charge in [0.1, 0.15) is 30.0 Å². The van der Waals surface area contributed by atoms with E-state index in [1.165, 1.54) is 0 Å². The van der Waals surface area contributed by atoms with E-state index in [9.17, 15) is 5.11 Å². The number of aliphatic hydroxyl groups excluding tert-OH is 1. The minimum atomic E-state index is -0.602. The quantitative estimate of drug-likeness (QED) is 0.532. The van der Waals surface area contributed by atoms with E-state index in [4.69, 9.17) is 18.9 Å². The van der Waals surface area contributed by atoms with Gasteiger partial charge in [-0.1, -0.05) is 12.1 Å². The van der Waals surface area contributed by atoms with E-state index in [2.05, 4.69) is 11.0 Å². The van der Waals surface area contributed by atoms with Gasteiger partial charge in [0.15, 0.2) is 0 Å². The highest BCUT2D eigenvalue weighted by Gasteiger charge is 2.14. The van der Waals surface area contributed by atoms with Crippen LogP contribution in [-0.2, 0) is 11.3 Å². The van der Waals surface area contributed by atoms with Gasteiger partial charge in [-0.15, -0.1) is 0 Å². The highest BCUT2D eigenvalue weighted by Crippen LogP contribution is 2.18. The molecule has 0 radical (unpaired) electrons. The summed E-state index contributed by atoms with van der Waals surface area (Å²) in [5.74, 6) is 2.31. The Morgan fingerprint density at radius 3 is 2.32 bits per heavy atom. The van der Waals surface area contributed by atoms with Crippen LogP contribution in [0.15, 0.2) is 48.5 Å². The average molecular weight is 389 g/mol. The molecule has 1 N–H and O–H groups in total. The molecule has 0 aliphatic heterocycles. The van der Waals surface area contributed by atoms with Crippen LogP contribution in [0.2, 0.25) is 0 Å². The first-order valence-corrected chi connectivity index (χ1v) is 9.43. The van der Waals surface area contributed by atoms with Crippen molar-refractivity contribution in [2.75, 3.05) is 47.6 Å². The van der Waals surface area contributed by atoms with E-state index in [0.29, 0.717) is 18.9 Å². The van der Waals surface area contributed by atoms with Gasteiger partial charge in [0.05, 0.1) is 14.2 Å². The predicted molar refractivity (Wildman–Crippen MR) is 109 cm³/mol. The van der Waals surface area contributed by atoms with Crippen LogP contribution in [0.5, 0.6) is 17.2 Å². The van der Waals surface area contributed by atoms with Gasteiger partial charge < -0.3 is 24.1 Å². The minimum Gasteiger partial charge on any atom is -0.497 e. The first-order valence-electron chi connectivity index (χ1n) is 9.43. The summed E-state index contributed by atoms with van der Waals surface area (Å²) in [6.45, 7) is 2.97. The van der Waals surface area contributed by atoms with Crippen LogP contribution >= 0.6 is 0 Å². The predicted octanol–water partition coefficient (Wildman–Crippen LogP) is 2.98. The molecule has 0 amide bonds. The molecule has 0 fully saturated rings. The summed E-state index contributed by atoms with van der Waals surface area (Å²) < 4.78 is 21.3. The maximum atomic E-state index is 10.5. The molecule has 0 aliphatic rings. The maximum absolute atomic E-state index is 10.5. The smallest absolute Gasteiger partial charge is 0.119 e. The van der Waals surface area contributed by atoms with Gasteiger partial charge in [0, 0.05) is 33.4 Å². The monoisotopic (exact) mass is 389 g/mol. The summed E-state index contributed by atoms with van der Waals surface area (Å²) in [5.41, 5.74) is 1.14. The first kappa shape index (κ1) is 22.0. The molecule has 154 valence electrons. The van der Waals surface area contributed by atoms with E-state index < -0.39 is 6.10 Å². The molecule has 6 heteroatoms. The van der Waals surface area contributed by atoms with Crippen molar-refractivity contribution < 1.29 is 24.1 Å². The Labute approximate surface area is 167 Å². The van der Waals surface area contributed by atoms with Gasteiger partial charge in [-0.3, -0.25) is 4.90 Å². The molecule has 2 aromatic rings. The minimum absolute atomic E-state index is 0.227. The molecule has 6 nitrogen and oxygen atoms in total. The molecule has 0 saturated carbocycles. The van der Waals surface area contributed by atoms with E-state index in [-0.39, 0.29) is 6.61 Å². The van der Waals surface area contributed by atoms with Crippen LogP contribution in [-0.4, -0.2) is 63.7 Å². The summed E-state index contributed by atoms with van der Waals surface area (Å²) in [6, 6.07) is 15.3. The second-order valence-electron chi connectivity index (χ2n) is 6.57. The lowest BCUT2D eigenvalue weighted by Gasteiger charge is -2.25. The molecular formula is C22H31NO5. The Balaban J connectivity index is 1.89. The first-order chi connectivity index (χ1) is 13.6. The fourth-order valence-corrected chi connectivity index (χ4v) is 2.91. The Morgan fingerprint density at radius 2 is 1.64 bits per heavy atom. The second-order valence-corrected chi connectivity index (χ2v) is 6.57. The number of aliphatic hydroxyl groups is 1. The van der Waals surface area contributed by atoms with Crippen molar-refractivity contribution in [1.29, 1.82) is 0 Å². The van der Waals surface area contributed by atoms with Gasteiger partial charge >= 0.3 is 0 Å². The zero-order valence-electron chi connectivity index (χ0n) is 17.0. The van der Waals surface area contributed by atoms with Crippen LogP contribution in [0.25, 0.3) is 0 Å². The van der Waals surface area contributed by atoms with Crippen LogP contribution in [0.1, 0.15) is 12.0 Å². The summed E-state index contributed by atoms with van der Waals surface area (Å²) in [4.78, 5) is 2.20. The molecule has 0 bridgehead atoms. The molecule has 0 heterocycles. The molecule has 0 saturated heterocycles. The summed E-state index contributed by atoms with van der Waals surface area (Å²) in [6.07, 6.45) is 0.294. The number of hydrogen-bond donors (Lipinski definition) is 1. The van der Waals surface area contributed by atoms with Crippen molar-refractivity contribution in [3.8, 4) is 17.2 Å². The number of benzene rings is 2. The zero-order chi connectivity index (χ0) is 20.2. The molecular weight excluding hydrogens is 358 g/mol. The standard InChI is InChI=1S/C22H31NO5/c1-25-13-5-12-23(15-18-6-4-7-22(14-18)27-3)16-19(24)17-28-21-10-8-20(26-2)9-11-21/h4,6-11,14,19,24H,5,12-13,15-17H2,1-3H3/t19-/m0/s1. The van der Waals surface area contributed by atoms with Crippen LogP contribution < -0.4 is 14.2 Å². The van der Waals surface area contributed by atoms with Crippen molar-refractivity contribution in [1.82, 2.24) is 4.90 Å². The van der Waals surface area contributed by atoms with Crippen LogP contribution in [0.3, 0.4) is 0 Å². The molecule has 0 aliphatic carbocycles. The van der Waals surface area contributed by atoms with Gasteiger partial charge in [-0.05, 0) is 48.4 Å². The highest BCUT2D eigenvalue weighted by atomic mass is 16.5. The Hall–Kier alpha value is -2.28. The molecule has 28 heavy (non-hydrogen) atoms.